The first-order valence-electron chi connectivity index (χ1n) is 4.96. The van der Waals surface area contributed by atoms with Crippen LogP contribution < -0.4 is 4.74 Å². The van der Waals surface area contributed by atoms with E-state index in [2.05, 4.69) is 25.7 Å². The summed E-state index contributed by atoms with van der Waals surface area (Å²) in [5.74, 6) is -1.26. The number of carbonyl (C=O) groups is 1. The molecule has 1 heterocycles. The molecule has 0 aliphatic rings. The number of rotatable bonds is 4. The Bertz CT molecular complexity index is 482. The van der Waals surface area contributed by atoms with Gasteiger partial charge in [0.1, 0.15) is 3.70 Å². The molecule has 1 aromatic rings. The van der Waals surface area contributed by atoms with Gasteiger partial charge in [0.15, 0.2) is 5.75 Å². The van der Waals surface area contributed by atoms with E-state index >= 15 is 0 Å². The van der Waals surface area contributed by atoms with Crippen molar-refractivity contribution in [2.24, 2.45) is 0 Å². The molecule has 0 aromatic carbocycles. The summed E-state index contributed by atoms with van der Waals surface area (Å²) >= 11 is 4.76. The highest BCUT2D eigenvalue weighted by Crippen LogP contribution is 2.29. The number of hydrogen-bond donors (Lipinski definition) is 0. The molecular weight excluding hydrogens is 446 g/mol. The molecule has 0 fully saturated rings. The fourth-order valence-corrected chi connectivity index (χ4v) is 2.24. The van der Waals surface area contributed by atoms with Crippen LogP contribution in [-0.2, 0) is 10.1 Å². The van der Waals surface area contributed by atoms with E-state index < -0.39 is 18.1 Å². The fourth-order valence-electron chi connectivity index (χ4n) is 1.17. The molecule has 106 valence electrons. The van der Waals surface area contributed by atoms with Gasteiger partial charge in [-0.2, -0.15) is 0 Å². The van der Waals surface area contributed by atoms with E-state index in [1.165, 1.54) is 0 Å². The van der Waals surface area contributed by atoms with Crippen molar-refractivity contribution in [2.75, 3.05) is 6.61 Å². The maximum Gasteiger partial charge on any atom is 0.573 e. The maximum atomic E-state index is 12.3. The highest BCUT2D eigenvalue weighted by molar-refractivity contribution is 14.1. The van der Waals surface area contributed by atoms with Crippen LogP contribution in [0.25, 0.3) is 0 Å². The van der Waals surface area contributed by atoms with Crippen LogP contribution in [0.15, 0.2) is 6.07 Å². The van der Waals surface area contributed by atoms with Gasteiger partial charge < -0.3 is 9.47 Å². The molecule has 0 radical (unpaired) electrons. The lowest BCUT2D eigenvalue weighted by molar-refractivity contribution is -0.275. The zero-order valence-corrected chi connectivity index (χ0v) is 13.3. The molecule has 1 aromatic heterocycles. The second-order valence-corrected chi connectivity index (χ2v) is 4.76. The van der Waals surface area contributed by atoms with Crippen LogP contribution in [0.4, 0.5) is 13.2 Å². The van der Waals surface area contributed by atoms with Crippen molar-refractivity contribution in [3.05, 3.63) is 21.0 Å². The third-order valence-electron chi connectivity index (χ3n) is 1.86. The number of aromatic nitrogens is 1. The molecule has 1 rings (SSSR count). The highest BCUT2D eigenvalue weighted by atomic mass is 127. The third kappa shape index (κ3) is 4.79. The van der Waals surface area contributed by atoms with Crippen molar-refractivity contribution in [1.29, 1.82) is 0 Å². The Morgan fingerprint density at radius 2 is 2.16 bits per heavy atom. The van der Waals surface area contributed by atoms with Gasteiger partial charge in [0.25, 0.3) is 0 Å². The van der Waals surface area contributed by atoms with Crippen molar-refractivity contribution in [3.63, 3.8) is 0 Å². The first-order valence-corrected chi connectivity index (χ1v) is 7.16. The Morgan fingerprint density at radius 3 is 2.63 bits per heavy atom. The second-order valence-electron chi connectivity index (χ2n) is 3.17. The molecule has 9 heteroatoms. The predicted octanol–water partition coefficient (Wildman–Crippen LogP) is 3.66. The standard InChI is InChI=1S/C10H8BrF3INO3/c1-2-18-9(17)5-3-7(19-10(12,13)14)6(4-11)16-8(5)15/h3H,2,4H2,1H3. The number of nitrogens with zero attached hydrogens (tertiary/aromatic N) is 1. The predicted molar refractivity (Wildman–Crippen MR) is 72.2 cm³/mol. The van der Waals surface area contributed by atoms with Gasteiger partial charge in [-0.3, -0.25) is 0 Å². The molecule has 4 nitrogen and oxygen atoms in total. The smallest absolute Gasteiger partial charge is 0.462 e. The fraction of sp³-hybridized carbons (Fsp3) is 0.400. The highest BCUT2D eigenvalue weighted by Gasteiger charge is 2.33. The van der Waals surface area contributed by atoms with E-state index in [1.807, 2.05) is 0 Å². The monoisotopic (exact) mass is 453 g/mol. The minimum Gasteiger partial charge on any atom is -0.462 e. The lowest BCUT2D eigenvalue weighted by Gasteiger charge is -2.13. The Morgan fingerprint density at radius 1 is 1.53 bits per heavy atom. The molecule has 0 aliphatic heterocycles. The van der Waals surface area contributed by atoms with Gasteiger partial charge in [0.05, 0.1) is 17.9 Å². The van der Waals surface area contributed by atoms with Crippen molar-refractivity contribution in [2.45, 2.75) is 18.6 Å². The van der Waals surface area contributed by atoms with Crippen molar-refractivity contribution < 1.29 is 27.4 Å². The van der Waals surface area contributed by atoms with Crippen LogP contribution in [0.5, 0.6) is 5.75 Å². The quantitative estimate of drug-likeness (QED) is 0.302. The number of alkyl halides is 4. The van der Waals surface area contributed by atoms with Gasteiger partial charge in [0.2, 0.25) is 0 Å². The lowest BCUT2D eigenvalue weighted by Crippen LogP contribution is -2.19. The number of hydrogen-bond acceptors (Lipinski definition) is 4. The van der Waals surface area contributed by atoms with Crippen molar-refractivity contribution in [1.82, 2.24) is 4.98 Å². The number of esters is 1. The van der Waals surface area contributed by atoms with Gasteiger partial charge in [-0.25, -0.2) is 9.78 Å². The minimum atomic E-state index is -4.85. The summed E-state index contributed by atoms with van der Waals surface area (Å²) in [6.45, 7) is 1.71. The third-order valence-corrected chi connectivity index (χ3v) is 3.22. The number of carbonyl (C=O) groups excluding carboxylic acids is 1. The SMILES string of the molecule is CCOC(=O)c1cc(OC(F)(F)F)c(CBr)nc1I. The van der Waals surface area contributed by atoms with Crippen LogP contribution in [0.1, 0.15) is 23.0 Å². The number of ether oxygens (including phenoxy) is 2. The average Bonchev–Trinajstić information content (AvgIpc) is 2.29. The summed E-state index contributed by atoms with van der Waals surface area (Å²) in [5.41, 5.74) is -0.0128. The zero-order valence-electron chi connectivity index (χ0n) is 9.55. The maximum absolute atomic E-state index is 12.3. The van der Waals surface area contributed by atoms with Crippen LogP contribution in [0.2, 0.25) is 0 Å². The zero-order chi connectivity index (χ0) is 14.6. The molecule has 0 spiro atoms. The van der Waals surface area contributed by atoms with E-state index in [-0.39, 0.29) is 26.9 Å². The van der Waals surface area contributed by atoms with Gasteiger partial charge in [-0.1, -0.05) is 15.9 Å². The van der Waals surface area contributed by atoms with E-state index in [4.69, 9.17) is 4.74 Å². The molecule has 19 heavy (non-hydrogen) atoms. The largest absolute Gasteiger partial charge is 0.573 e. The molecule has 0 saturated carbocycles. The number of pyridine rings is 1. The summed E-state index contributed by atoms with van der Waals surface area (Å²) in [6.07, 6.45) is -4.85. The Balaban J connectivity index is 3.21. The van der Waals surface area contributed by atoms with Crippen molar-refractivity contribution in [3.8, 4) is 5.75 Å². The Kier molecular flexibility index (Phi) is 5.83. The Labute approximate surface area is 128 Å². The van der Waals surface area contributed by atoms with Crippen LogP contribution in [-0.4, -0.2) is 23.9 Å². The van der Waals surface area contributed by atoms with E-state index in [1.54, 1.807) is 29.5 Å². The second kappa shape index (κ2) is 6.73. The average molecular weight is 454 g/mol. The molecule has 0 atom stereocenters. The molecule has 0 N–H and O–H groups in total. The summed E-state index contributed by atoms with van der Waals surface area (Å²) in [4.78, 5) is 15.5. The van der Waals surface area contributed by atoms with Gasteiger partial charge >= 0.3 is 12.3 Å². The van der Waals surface area contributed by atoms with E-state index in [0.717, 1.165) is 6.07 Å². The van der Waals surface area contributed by atoms with Crippen LogP contribution in [0, 0.1) is 3.70 Å². The minimum absolute atomic E-state index is 0.0507. The topological polar surface area (TPSA) is 48.4 Å². The van der Waals surface area contributed by atoms with Crippen LogP contribution in [0.3, 0.4) is 0 Å². The molecule has 0 bridgehead atoms. The normalized spacial score (nSPS) is 11.3. The first-order chi connectivity index (χ1) is 8.78. The van der Waals surface area contributed by atoms with E-state index in [0.29, 0.717) is 0 Å². The molecule has 0 saturated heterocycles. The molecule has 0 unspecified atom stereocenters. The first kappa shape index (κ1) is 16.5. The van der Waals surface area contributed by atoms with Crippen molar-refractivity contribution >= 4 is 44.5 Å². The summed E-state index contributed by atoms with van der Waals surface area (Å²) < 4.78 is 45.6. The summed E-state index contributed by atoms with van der Waals surface area (Å²) in [7, 11) is 0. The molecular formula is C10H8BrF3INO3. The lowest BCUT2D eigenvalue weighted by atomic mass is 10.2. The van der Waals surface area contributed by atoms with Gasteiger partial charge in [-0.05, 0) is 35.6 Å². The Hall–Kier alpha value is -0.580. The number of halogens is 5. The van der Waals surface area contributed by atoms with Crippen LogP contribution >= 0.6 is 38.5 Å². The van der Waals surface area contributed by atoms with Gasteiger partial charge in [-0.15, -0.1) is 13.2 Å². The molecule has 0 aliphatic carbocycles. The molecule has 0 amide bonds. The van der Waals surface area contributed by atoms with Gasteiger partial charge in [0, 0.05) is 5.33 Å². The van der Waals surface area contributed by atoms with E-state index in [9.17, 15) is 18.0 Å². The summed E-state index contributed by atoms with van der Waals surface area (Å²) in [6, 6.07) is 0.983. The summed E-state index contributed by atoms with van der Waals surface area (Å²) in [5, 5.41) is 0.0670.